The van der Waals surface area contributed by atoms with Gasteiger partial charge in [-0.2, -0.15) is 5.10 Å². The minimum absolute atomic E-state index is 0.237. The summed E-state index contributed by atoms with van der Waals surface area (Å²) in [6.45, 7) is 5.92. The molecule has 2 aromatic carbocycles. The summed E-state index contributed by atoms with van der Waals surface area (Å²) in [5, 5.41) is 4.00. The number of carbonyl (C=O) groups is 1. The van der Waals surface area contributed by atoms with Gasteiger partial charge in [-0.25, -0.2) is 5.43 Å². The second-order valence-electron chi connectivity index (χ2n) is 4.65. The fraction of sp³-hybridized carbons (Fsp3) is 0.111. The predicted molar refractivity (Wildman–Crippen MR) is 88.4 cm³/mol. The van der Waals surface area contributed by atoms with Crippen molar-refractivity contribution in [2.24, 2.45) is 5.10 Å². The van der Waals surface area contributed by atoms with Gasteiger partial charge in [-0.05, 0) is 30.7 Å². The van der Waals surface area contributed by atoms with Crippen molar-refractivity contribution >= 4 is 12.1 Å². The number of aryl methyl sites for hydroxylation is 1. The third kappa shape index (κ3) is 4.06. The molecule has 0 radical (unpaired) electrons. The number of ether oxygens (including phenoxy) is 1. The highest BCUT2D eigenvalue weighted by atomic mass is 16.5. The molecule has 4 nitrogen and oxygen atoms in total. The van der Waals surface area contributed by atoms with Crippen LogP contribution < -0.4 is 10.2 Å². The zero-order chi connectivity index (χ0) is 15.8. The summed E-state index contributed by atoms with van der Waals surface area (Å²) in [6.07, 6.45) is 3.24. The van der Waals surface area contributed by atoms with Gasteiger partial charge in [0.05, 0.1) is 6.21 Å². The molecule has 2 aromatic rings. The molecule has 0 spiro atoms. The van der Waals surface area contributed by atoms with Crippen LogP contribution in [0.1, 0.15) is 21.5 Å². The average Bonchev–Trinajstić information content (AvgIpc) is 2.54. The van der Waals surface area contributed by atoms with Crippen LogP contribution >= 0.6 is 0 Å². The molecule has 0 saturated carbocycles. The van der Waals surface area contributed by atoms with E-state index in [0.717, 1.165) is 11.1 Å². The molecule has 0 aliphatic carbocycles. The first-order valence-corrected chi connectivity index (χ1v) is 6.94. The van der Waals surface area contributed by atoms with E-state index < -0.39 is 0 Å². The molecule has 0 saturated heterocycles. The SMILES string of the molecule is C=CCOc1ccccc1/C=N\NC(=O)c1ccccc1C. The van der Waals surface area contributed by atoms with Crippen LogP contribution in [-0.2, 0) is 0 Å². The smallest absolute Gasteiger partial charge is 0.271 e. The second kappa shape index (κ2) is 7.78. The van der Waals surface area contributed by atoms with Gasteiger partial charge in [0.15, 0.2) is 0 Å². The van der Waals surface area contributed by atoms with Crippen molar-refractivity contribution in [3.8, 4) is 5.75 Å². The molecule has 22 heavy (non-hydrogen) atoms. The van der Waals surface area contributed by atoms with Gasteiger partial charge in [-0.15, -0.1) is 0 Å². The zero-order valence-corrected chi connectivity index (χ0v) is 12.5. The summed E-state index contributed by atoms with van der Waals surface area (Å²) in [6, 6.07) is 14.8. The van der Waals surface area contributed by atoms with Crippen LogP contribution in [0.15, 0.2) is 66.3 Å². The lowest BCUT2D eigenvalue weighted by Crippen LogP contribution is -2.18. The number of benzene rings is 2. The van der Waals surface area contributed by atoms with E-state index in [9.17, 15) is 4.79 Å². The lowest BCUT2D eigenvalue weighted by Gasteiger charge is -2.06. The molecule has 0 atom stereocenters. The lowest BCUT2D eigenvalue weighted by atomic mass is 10.1. The van der Waals surface area contributed by atoms with Gasteiger partial charge >= 0.3 is 0 Å². The molecule has 4 heteroatoms. The molecular formula is C18H18N2O2. The standard InChI is InChI=1S/C18H18N2O2/c1-3-12-22-17-11-7-5-9-15(17)13-19-20-18(21)16-10-6-4-8-14(16)2/h3-11,13H,1,12H2,2H3,(H,20,21)/b19-13-. The molecule has 0 bridgehead atoms. The van der Waals surface area contributed by atoms with E-state index in [1.165, 1.54) is 0 Å². The molecule has 1 N–H and O–H groups in total. The number of hydrogen-bond donors (Lipinski definition) is 1. The van der Waals surface area contributed by atoms with E-state index in [2.05, 4.69) is 17.1 Å². The maximum atomic E-state index is 12.0. The Morgan fingerprint density at radius 3 is 2.73 bits per heavy atom. The third-order valence-corrected chi connectivity index (χ3v) is 3.04. The number of nitrogens with one attached hydrogen (secondary N) is 1. The van der Waals surface area contributed by atoms with E-state index in [-0.39, 0.29) is 5.91 Å². The van der Waals surface area contributed by atoms with Gasteiger partial charge in [0, 0.05) is 11.1 Å². The predicted octanol–water partition coefficient (Wildman–Crippen LogP) is 3.32. The largest absolute Gasteiger partial charge is 0.489 e. The number of hydrazone groups is 1. The van der Waals surface area contributed by atoms with Crippen molar-refractivity contribution in [1.82, 2.24) is 5.43 Å². The number of nitrogens with zero attached hydrogens (tertiary/aromatic N) is 1. The van der Waals surface area contributed by atoms with Crippen molar-refractivity contribution in [3.05, 3.63) is 77.9 Å². The van der Waals surface area contributed by atoms with Crippen molar-refractivity contribution in [2.45, 2.75) is 6.92 Å². The minimum Gasteiger partial charge on any atom is -0.489 e. The summed E-state index contributed by atoms with van der Waals surface area (Å²) in [4.78, 5) is 12.0. The first-order chi connectivity index (χ1) is 10.7. The highest BCUT2D eigenvalue weighted by Crippen LogP contribution is 2.15. The average molecular weight is 294 g/mol. The van der Waals surface area contributed by atoms with Crippen LogP contribution in [0.25, 0.3) is 0 Å². The molecule has 2 rings (SSSR count). The Kier molecular flexibility index (Phi) is 5.49. The molecule has 112 valence electrons. The van der Waals surface area contributed by atoms with Crippen LogP contribution in [0.5, 0.6) is 5.75 Å². The minimum atomic E-state index is -0.237. The topological polar surface area (TPSA) is 50.7 Å². The quantitative estimate of drug-likeness (QED) is 0.505. The Labute approximate surface area is 130 Å². The van der Waals surface area contributed by atoms with Crippen LogP contribution in [-0.4, -0.2) is 18.7 Å². The monoisotopic (exact) mass is 294 g/mol. The summed E-state index contributed by atoms with van der Waals surface area (Å²) >= 11 is 0. The van der Waals surface area contributed by atoms with Gasteiger partial charge in [0.2, 0.25) is 0 Å². The third-order valence-electron chi connectivity index (χ3n) is 3.04. The Hall–Kier alpha value is -2.88. The fourth-order valence-electron chi connectivity index (χ4n) is 1.92. The van der Waals surface area contributed by atoms with Gasteiger partial charge in [0.25, 0.3) is 5.91 Å². The van der Waals surface area contributed by atoms with E-state index in [1.54, 1.807) is 18.4 Å². The molecular weight excluding hydrogens is 276 g/mol. The van der Waals surface area contributed by atoms with Crippen LogP contribution in [0.4, 0.5) is 0 Å². The summed E-state index contributed by atoms with van der Waals surface area (Å²) in [5.41, 5.74) is 4.83. The van der Waals surface area contributed by atoms with E-state index in [4.69, 9.17) is 4.74 Å². The Morgan fingerprint density at radius 2 is 1.95 bits per heavy atom. The van der Waals surface area contributed by atoms with Gasteiger partial charge in [-0.1, -0.05) is 43.0 Å². The number of amides is 1. The van der Waals surface area contributed by atoms with Crippen LogP contribution in [0.2, 0.25) is 0 Å². The van der Waals surface area contributed by atoms with Crippen molar-refractivity contribution < 1.29 is 9.53 Å². The molecule has 0 aromatic heterocycles. The summed E-state index contributed by atoms with van der Waals surface area (Å²) in [7, 11) is 0. The Balaban J connectivity index is 2.05. The molecule has 0 aliphatic rings. The molecule has 0 heterocycles. The van der Waals surface area contributed by atoms with Gasteiger partial charge < -0.3 is 4.74 Å². The molecule has 0 fully saturated rings. The summed E-state index contributed by atoms with van der Waals surface area (Å²) in [5.74, 6) is 0.454. The Bertz CT molecular complexity index is 693. The second-order valence-corrected chi connectivity index (χ2v) is 4.65. The van der Waals surface area contributed by atoms with E-state index in [1.807, 2.05) is 49.4 Å². The number of rotatable bonds is 6. The lowest BCUT2D eigenvalue weighted by molar-refractivity contribution is 0.0954. The highest BCUT2D eigenvalue weighted by Gasteiger charge is 2.06. The van der Waals surface area contributed by atoms with Crippen molar-refractivity contribution in [3.63, 3.8) is 0 Å². The van der Waals surface area contributed by atoms with Gasteiger partial charge in [-0.3, -0.25) is 4.79 Å². The van der Waals surface area contributed by atoms with Crippen LogP contribution in [0.3, 0.4) is 0 Å². The maximum absolute atomic E-state index is 12.0. The molecule has 0 unspecified atom stereocenters. The van der Waals surface area contributed by atoms with Crippen LogP contribution in [0, 0.1) is 6.92 Å². The number of hydrogen-bond acceptors (Lipinski definition) is 3. The maximum Gasteiger partial charge on any atom is 0.271 e. The molecule has 0 aliphatic heterocycles. The van der Waals surface area contributed by atoms with Crippen molar-refractivity contribution in [1.29, 1.82) is 0 Å². The summed E-state index contributed by atoms with van der Waals surface area (Å²) < 4.78 is 5.53. The highest BCUT2D eigenvalue weighted by molar-refractivity contribution is 5.96. The van der Waals surface area contributed by atoms with E-state index >= 15 is 0 Å². The van der Waals surface area contributed by atoms with Crippen molar-refractivity contribution in [2.75, 3.05) is 6.61 Å². The molecule has 1 amide bonds. The fourth-order valence-corrected chi connectivity index (χ4v) is 1.92. The normalized spacial score (nSPS) is 10.4. The Morgan fingerprint density at radius 1 is 1.23 bits per heavy atom. The zero-order valence-electron chi connectivity index (χ0n) is 12.5. The first kappa shape index (κ1) is 15.5. The number of para-hydroxylation sites is 1. The van der Waals surface area contributed by atoms with E-state index in [0.29, 0.717) is 17.9 Å². The number of carbonyl (C=O) groups excluding carboxylic acids is 1. The first-order valence-electron chi connectivity index (χ1n) is 6.94. The van der Waals surface area contributed by atoms with Gasteiger partial charge in [0.1, 0.15) is 12.4 Å².